The lowest BCUT2D eigenvalue weighted by Crippen LogP contribution is -2.40. The van der Waals surface area contributed by atoms with Gasteiger partial charge in [-0.25, -0.2) is 0 Å². The average molecular weight is 332 g/mol. The van der Waals surface area contributed by atoms with E-state index >= 15 is 0 Å². The minimum absolute atomic E-state index is 0.0945. The Morgan fingerprint density at radius 1 is 1.25 bits per heavy atom. The summed E-state index contributed by atoms with van der Waals surface area (Å²) in [5.74, 6) is -0.0531. The number of rotatable bonds is 8. The van der Waals surface area contributed by atoms with E-state index in [2.05, 4.69) is 10.3 Å². The van der Waals surface area contributed by atoms with Crippen LogP contribution in [0.15, 0.2) is 29.3 Å². The van der Waals surface area contributed by atoms with Crippen molar-refractivity contribution in [2.24, 2.45) is 10.7 Å². The minimum atomic E-state index is -0.214. The van der Waals surface area contributed by atoms with E-state index in [1.807, 2.05) is 6.92 Å². The maximum Gasteiger partial charge on any atom is 0.261 e. The zero-order chi connectivity index (χ0) is 17.5. The van der Waals surface area contributed by atoms with E-state index in [-0.39, 0.29) is 17.9 Å². The topological polar surface area (TPSA) is 97.0 Å². The summed E-state index contributed by atoms with van der Waals surface area (Å²) in [6.45, 7) is 3.45. The van der Waals surface area contributed by atoms with E-state index in [0.717, 1.165) is 6.42 Å². The van der Waals surface area contributed by atoms with Gasteiger partial charge in [-0.3, -0.25) is 19.5 Å². The number of aliphatic imine (C=N–C) groups is 1. The van der Waals surface area contributed by atoms with Gasteiger partial charge in [0.25, 0.3) is 11.8 Å². The molecule has 0 spiro atoms. The highest BCUT2D eigenvalue weighted by Crippen LogP contribution is 2.22. The van der Waals surface area contributed by atoms with Crippen LogP contribution in [0.3, 0.4) is 0 Å². The normalized spacial score (nSPS) is 15.6. The standard InChI is InChI=1S/C17H24N4O3/c1-12(11-24-2)20-17(18)19-9-5-6-10-21-15(22)13-7-3-4-8-14(13)16(21)23/h3-4,7-8,12H,5-6,9-11H2,1-2H3,(H3,18,19,20). The Morgan fingerprint density at radius 3 is 2.46 bits per heavy atom. The second kappa shape index (κ2) is 8.44. The van der Waals surface area contributed by atoms with Crippen LogP contribution in [0, 0.1) is 0 Å². The van der Waals surface area contributed by atoms with E-state index in [1.165, 1.54) is 4.90 Å². The number of unbranched alkanes of at least 4 members (excludes halogenated alkanes) is 1. The Bertz CT molecular complexity index is 595. The molecule has 1 aromatic carbocycles. The quantitative estimate of drug-likeness (QED) is 0.320. The van der Waals surface area contributed by atoms with Crippen molar-refractivity contribution >= 4 is 17.8 Å². The molecule has 1 unspecified atom stereocenters. The number of nitrogens with two attached hydrogens (primary N) is 1. The summed E-state index contributed by atoms with van der Waals surface area (Å²) in [7, 11) is 1.63. The van der Waals surface area contributed by atoms with Gasteiger partial charge in [0.15, 0.2) is 5.96 Å². The van der Waals surface area contributed by atoms with Crippen molar-refractivity contribution < 1.29 is 14.3 Å². The Kier molecular flexibility index (Phi) is 6.31. The number of fused-ring (bicyclic) bond motifs is 1. The first-order valence-electron chi connectivity index (χ1n) is 8.05. The smallest absolute Gasteiger partial charge is 0.261 e. The number of nitrogens with zero attached hydrogens (tertiary/aromatic N) is 2. The number of methoxy groups -OCH3 is 1. The molecular weight excluding hydrogens is 308 g/mol. The first-order valence-corrected chi connectivity index (χ1v) is 8.05. The summed E-state index contributed by atoms with van der Waals surface area (Å²) in [6.07, 6.45) is 1.43. The summed E-state index contributed by atoms with van der Waals surface area (Å²) in [6, 6.07) is 7.00. The molecule has 0 radical (unpaired) electrons. The molecule has 7 heteroatoms. The van der Waals surface area contributed by atoms with Crippen LogP contribution in [0.5, 0.6) is 0 Å². The summed E-state index contributed by atoms with van der Waals surface area (Å²) in [4.78, 5) is 29.9. The van der Waals surface area contributed by atoms with Gasteiger partial charge in [-0.05, 0) is 31.9 Å². The van der Waals surface area contributed by atoms with Crippen LogP contribution >= 0.6 is 0 Å². The molecule has 1 aliphatic rings. The molecule has 0 fully saturated rings. The largest absolute Gasteiger partial charge is 0.383 e. The van der Waals surface area contributed by atoms with Crippen LogP contribution in [0.4, 0.5) is 0 Å². The zero-order valence-electron chi connectivity index (χ0n) is 14.1. The second-order valence-electron chi connectivity index (χ2n) is 5.78. The molecule has 1 atom stereocenters. The molecule has 0 aliphatic carbocycles. The van der Waals surface area contributed by atoms with Gasteiger partial charge < -0.3 is 15.8 Å². The van der Waals surface area contributed by atoms with Crippen molar-refractivity contribution in [2.75, 3.05) is 26.8 Å². The Hall–Kier alpha value is -2.41. The SMILES string of the molecule is COCC(C)NC(N)=NCCCCN1C(=O)c2ccccc2C1=O. The molecule has 7 nitrogen and oxygen atoms in total. The Balaban J connectivity index is 1.74. The molecule has 2 amide bonds. The van der Waals surface area contributed by atoms with Gasteiger partial charge in [-0.1, -0.05) is 12.1 Å². The number of carbonyl (C=O) groups excluding carboxylic acids is 2. The second-order valence-corrected chi connectivity index (χ2v) is 5.78. The van der Waals surface area contributed by atoms with Gasteiger partial charge in [0.05, 0.1) is 17.7 Å². The summed E-state index contributed by atoms with van der Waals surface area (Å²) >= 11 is 0. The lowest BCUT2D eigenvalue weighted by atomic mass is 10.1. The van der Waals surface area contributed by atoms with Crippen LogP contribution in [0.2, 0.25) is 0 Å². The first kappa shape index (κ1) is 17.9. The van der Waals surface area contributed by atoms with E-state index < -0.39 is 0 Å². The van der Waals surface area contributed by atoms with Gasteiger partial charge in [0, 0.05) is 26.2 Å². The van der Waals surface area contributed by atoms with E-state index in [4.69, 9.17) is 10.5 Å². The van der Waals surface area contributed by atoms with E-state index in [1.54, 1.807) is 31.4 Å². The third-order valence-electron chi connectivity index (χ3n) is 3.76. The highest BCUT2D eigenvalue weighted by Gasteiger charge is 2.34. The molecule has 3 N–H and O–H groups in total. The predicted molar refractivity (Wildman–Crippen MR) is 92.0 cm³/mol. The number of nitrogens with one attached hydrogen (secondary N) is 1. The Morgan fingerprint density at radius 2 is 1.88 bits per heavy atom. The number of ether oxygens (including phenoxy) is 1. The number of carbonyl (C=O) groups is 2. The van der Waals surface area contributed by atoms with Gasteiger partial charge in [-0.15, -0.1) is 0 Å². The van der Waals surface area contributed by atoms with E-state index in [0.29, 0.717) is 43.2 Å². The molecule has 0 saturated heterocycles. The first-order chi connectivity index (χ1) is 11.5. The number of amides is 2. The van der Waals surface area contributed by atoms with Crippen molar-refractivity contribution in [2.45, 2.75) is 25.8 Å². The van der Waals surface area contributed by atoms with Crippen LogP contribution in [-0.4, -0.2) is 55.5 Å². The number of hydrogen-bond acceptors (Lipinski definition) is 4. The average Bonchev–Trinajstić information content (AvgIpc) is 2.80. The molecule has 1 aliphatic heterocycles. The highest BCUT2D eigenvalue weighted by molar-refractivity contribution is 6.21. The van der Waals surface area contributed by atoms with Crippen LogP contribution in [0.1, 0.15) is 40.5 Å². The minimum Gasteiger partial charge on any atom is -0.383 e. The molecule has 0 bridgehead atoms. The molecule has 0 saturated carbocycles. The molecule has 1 heterocycles. The highest BCUT2D eigenvalue weighted by atomic mass is 16.5. The maximum absolute atomic E-state index is 12.2. The van der Waals surface area contributed by atoms with Crippen LogP contribution in [-0.2, 0) is 4.74 Å². The number of guanidine groups is 1. The number of benzene rings is 1. The fraction of sp³-hybridized carbons (Fsp3) is 0.471. The third-order valence-corrected chi connectivity index (χ3v) is 3.76. The molecule has 24 heavy (non-hydrogen) atoms. The maximum atomic E-state index is 12.2. The fourth-order valence-electron chi connectivity index (χ4n) is 2.61. The monoisotopic (exact) mass is 332 g/mol. The zero-order valence-corrected chi connectivity index (χ0v) is 14.1. The molecule has 130 valence electrons. The van der Waals surface area contributed by atoms with Gasteiger partial charge >= 0.3 is 0 Å². The van der Waals surface area contributed by atoms with Crippen molar-refractivity contribution in [3.63, 3.8) is 0 Å². The molecule has 1 aromatic rings. The van der Waals surface area contributed by atoms with Gasteiger partial charge in [0.1, 0.15) is 0 Å². The van der Waals surface area contributed by atoms with Gasteiger partial charge in [0.2, 0.25) is 0 Å². The summed E-state index contributed by atoms with van der Waals surface area (Å²) in [5, 5.41) is 3.02. The lowest BCUT2D eigenvalue weighted by Gasteiger charge is -2.14. The number of hydrogen-bond donors (Lipinski definition) is 2. The van der Waals surface area contributed by atoms with Crippen molar-refractivity contribution in [3.8, 4) is 0 Å². The summed E-state index contributed by atoms with van der Waals surface area (Å²) < 4.78 is 5.01. The third kappa shape index (κ3) is 4.32. The summed E-state index contributed by atoms with van der Waals surface area (Å²) in [5.41, 5.74) is 6.75. The Labute approximate surface area is 141 Å². The van der Waals surface area contributed by atoms with Gasteiger partial charge in [-0.2, -0.15) is 0 Å². The number of imide groups is 1. The van der Waals surface area contributed by atoms with E-state index in [9.17, 15) is 9.59 Å². The van der Waals surface area contributed by atoms with Crippen molar-refractivity contribution in [3.05, 3.63) is 35.4 Å². The van der Waals surface area contributed by atoms with Crippen LogP contribution < -0.4 is 11.1 Å². The molecule has 2 rings (SSSR count). The van der Waals surface area contributed by atoms with Crippen LogP contribution in [0.25, 0.3) is 0 Å². The lowest BCUT2D eigenvalue weighted by molar-refractivity contribution is 0.0652. The van der Waals surface area contributed by atoms with Crippen molar-refractivity contribution in [1.29, 1.82) is 0 Å². The molecule has 0 aromatic heterocycles. The molecular formula is C17H24N4O3. The fourth-order valence-corrected chi connectivity index (χ4v) is 2.61. The predicted octanol–water partition coefficient (Wildman–Crippen LogP) is 1.00. The van der Waals surface area contributed by atoms with Crippen molar-refractivity contribution in [1.82, 2.24) is 10.2 Å².